The number of hydrogen-bond donors (Lipinski definition) is 2. The number of pyridine rings is 1. The fourth-order valence-corrected chi connectivity index (χ4v) is 2.76. The molecule has 1 rings (SSSR count). The number of carbonyl (C=O) groups is 1. The van der Waals surface area contributed by atoms with Crippen molar-refractivity contribution in [2.24, 2.45) is 0 Å². The van der Waals surface area contributed by atoms with Gasteiger partial charge in [0.2, 0.25) is 0 Å². The third-order valence-electron chi connectivity index (χ3n) is 3.03. The molecule has 19 heavy (non-hydrogen) atoms. The topological polar surface area (TPSA) is 62.2 Å². The molecular weight excluding hydrogens is 260 g/mol. The molecule has 0 amide bonds. The minimum absolute atomic E-state index is 0.660. The van der Waals surface area contributed by atoms with Gasteiger partial charge in [-0.15, -0.1) is 11.8 Å². The van der Waals surface area contributed by atoms with Gasteiger partial charge in [-0.25, -0.2) is 0 Å². The molecule has 0 aliphatic carbocycles. The molecule has 5 heteroatoms. The van der Waals surface area contributed by atoms with E-state index >= 15 is 0 Å². The van der Waals surface area contributed by atoms with E-state index in [0.717, 1.165) is 18.6 Å². The summed E-state index contributed by atoms with van der Waals surface area (Å²) in [4.78, 5) is 16.4. The Morgan fingerprint density at radius 2 is 2.11 bits per heavy atom. The van der Waals surface area contributed by atoms with Crippen LogP contribution in [0.15, 0.2) is 29.4 Å². The Labute approximate surface area is 119 Å². The molecule has 0 saturated heterocycles. The summed E-state index contributed by atoms with van der Waals surface area (Å²) in [5.74, 6) is 0.238. The highest BCUT2D eigenvalue weighted by Crippen LogP contribution is 2.20. The zero-order chi connectivity index (χ0) is 14.1. The van der Waals surface area contributed by atoms with Gasteiger partial charge in [-0.1, -0.05) is 13.3 Å². The molecule has 106 valence electrons. The van der Waals surface area contributed by atoms with Crippen molar-refractivity contribution in [3.63, 3.8) is 0 Å². The SMILES string of the molecule is CCNC(C)(CCCCSc1ccncc1)C(=O)O. The number of carboxylic acids is 1. The zero-order valence-corrected chi connectivity index (χ0v) is 12.4. The summed E-state index contributed by atoms with van der Waals surface area (Å²) < 4.78 is 0. The van der Waals surface area contributed by atoms with Gasteiger partial charge < -0.3 is 10.4 Å². The van der Waals surface area contributed by atoms with Gasteiger partial charge in [0.05, 0.1) is 0 Å². The van der Waals surface area contributed by atoms with Crippen molar-refractivity contribution in [3.8, 4) is 0 Å². The number of aliphatic carboxylic acids is 1. The van der Waals surface area contributed by atoms with Crippen molar-refractivity contribution in [1.82, 2.24) is 10.3 Å². The van der Waals surface area contributed by atoms with E-state index in [0.29, 0.717) is 13.0 Å². The molecule has 0 fully saturated rings. The lowest BCUT2D eigenvalue weighted by Crippen LogP contribution is -2.49. The molecule has 1 aromatic heterocycles. The van der Waals surface area contributed by atoms with E-state index in [9.17, 15) is 9.90 Å². The fourth-order valence-electron chi connectivity index (χ4n) is 1.87. The summed E-state index contributed by atoms with van der Waals surface area (Å²) in [6.45, 7) is 4.36. The molecule has 0 saturated carbocycles. The lowest BCUT2D eigenvalue weighted by atomic mass is 9.95. The summed E-state index contributed by atoms with van der Waals surface area (Å²) in [5, 5.41) is 12.3. The summed E-state index contributed by atoms with van der Waals surface area (Å²) >= 11 is 1.78. The van der Waals surface area contributed by atoms with E-state index in [1.807, 2.05) is 19.1 Å². The first-order chi connectivity index (χ1) is 9.08. The van der Waals surface area contributed by atoms with Crippen molar-refractivity contribution in [3.05, 3.63) is 24.5 Å². The largest absolute Gasteiger partial charge is 0.480 e. The highest BCUT2D eigenvalue weighted by atomic mass is 32.2. The Balaban J connectivity index is 2.24. The first-order valence-electron chi connectivity index (χ1n) is 6.60. The highest BCUT2D eigenvalue weighted by Gasteiger charge is 2.30. The van der Waals surface area contributed by atoms with Crippen LogP contribution >= 0.6 is 11.8 Å². The van der Waals surface area contributed by atoms with E-state index < -0.39 is 11.5 Å². The number of unbranched alkanes of at least 4 members (excludes halogenated alkanes) is 1. The van der Waals surface area contributed by atoms with Crippen LogP contribution in [0.3, 0.4) is 0 Å². The average Bonchev–Trinajstić information content (AvgIpc) is 2.39. The van der Waals surface area contributed by atoms with E-state index in [1.165, 1.54) is 4.90 Å². The summed E-state index contributed by atoms with van der Waals surface area (Å²) in [6, 6.07) is 3.98. The van der Waals surface area contributed by atoms with Crippen LogP contribution in [0.5, 0.6) is 0 Å². The smallest absolute Gasteiger partial charge is 0.323 e. The monoisotopic (exact) mass is 282 g/mol. The second-order valence-electron chi connectivity index (χ2n) is 4.66. The standard InChI is InChI=1S/C14H22N2O2S/c1-3-16-14(2,13(17)18)8-4-5-11-19-12-6-9-15-10-7-12/h6-7,9-10,16H,3-5,8,11H2,1-2H3,(H,17,18). The number of likely N-dealkylation sites (N-methyl/N-ethyl adjacent to an activating group) is 1. The number of rotatable bonds is 9. The molecule has 4 nitrogen and oxygen atoms in total. The Morgan fingerprint density at radius 1 is 1.42 bits per heavy atom. The summed E-state index contributed by atoms with van der Waals surface area (Å²) in [5.41, 5.74) is -0.796. The van der Waals surface area contributed by atoms with E-state index in [2.05, 4.69) is 10.3 Å². The first kappa shape index (κ1) is 16.0. The molecule has 1 unspecified atom stereocenters. The quantitative estimate of drug-likeness (QED) is 0.538. The maximum Gasteiger partial charge on any atom is 0.323 e. The number of carboxylic acid groups (broad SMARTS) is 1. The Bertz CT molecular complexity index is 386. The lowest BCUT2D eigenvalue weighted by Gasteiger charge is -2.25. The number of nitrogens with zero attached hydrogens (tertiary/aromatic N) is 1. The molecule has 1 aromatic rings. The van der Waals surface area contributed by atoms with Crippen molar-refractivity contribution in [1.29, 1.82) is 0 Å². The predicted molar refractivity (Wildman–Crippen MR) is 78.5 cm³/mol. The van der Waals surface area contributed by atoms with Crippen LogP contribution in [0.1, 0.15) is 33.1 Å². The van der Waals surface area contributed by atoms with Crippen LogP contribution < -0.4 is 5.32 Å². The van der Waals surface area contributed by atoms with E-state index in [-0.39, 0.29) is 0 Å². The van der Waals surface area contributed by atoms with Gasteiger partial charge in [-0.3, -0.25) is 9.78 Å². The third kappa shape index (κ3) is 5.61. The van der Waals surface area contributed by atoms with Gasteiger partial charge in [0.15, 0.2) is 0 Å². The van der Waals surface area contributed by atoms with Gasteiger partial charge in [-0.05, 0) is 44.2 Å². The lowest BCUT2D eigenvalue weighted by molar-refractivity contribution is -0.144. The van der Waals surface area contributed by atoms with E-state index in [1.54, 1.807) is 31.1 Å². The Hall–Kier alpha value is -1.07. The molecule has 2 N–H and O–H groups in total. The van der Waals surface area contributed by atoms with Crippen molar-refractivity contribution < 1.29 is 9.90 Å². The minimum atomic E-state index is -0.796. The number of hydrogen-bond acceptors (Lipinski definition) is 4. The molecule has 0 aliphatic rings. The number of thioether (sulfide) groups is 1. The predicted octanol–water partition coefficient (Wildman–Crippen LogP) is 2.80. The van der Waals surface area contributed by atoms with Crippen LogP contribution in [0.25, 0.3) is 0 Å². The van der Waals surface area contributed by atoms with Gasteiger partial charge in [0.25, 0.3) is 0 Å². The third-order valence-corrected chi connectivity index (χ3v) is 4.13. The minimum Gasteiger partial charge on any atom is -0.480 e. The van der Waals surface area contributed by atoms with Crippen LogP contribution in [-0.2, 0) is 4.79 Å². The molecule has 0 aromatic carbocycles. The van der Waals surface area contributed by atoms with Crippen molar-refractivity contribution >= 4 is 17.7 Å². The zero-order valence-electron chi connectivity index (χ0n) is 11.6. The van der Waals surface area contributed by atoms with Crippen LogP contribution in [0, 0.1) is 0 Å². The van der Waals surface area contributed by atoms with Crippen LogP contribution in [-0.4, -0.2) is 33.9 Å². The second-order valence-corrected chi connectivity index (χ2v) is 5.82. The van der Waals surface area contributed by atoms with Crippen molar-refractivity contribution in [2.75, 3.05) is 12.3 Å². The first-order valence-corrected chi connectivity index (χ1v) is 7.58. The highest BCUT2D eigenvalue weighted by molar-refractivity contribution is 7.99. The number of aromatic nitrogens is 1. The fraction of sp³-hybridized carbons (Fsp3) is 0.571. The van der Waals surface area contributed by atoms with Crippen LogP contribution in [0.2, 0.25) is 0 Å². The summed E-state index contributed by atoms with van der Waals surface area (Å²) in [7, 11) is 0. The van der Waals surface area contributed by atoms with Gasteiger partial charge in [-0.2, -0.15) is 0 Å². The molecule has 1 atom stereocenters. The normalized spacial score (nSPS) is 14.0. The summed E-state index contributed by atoms with van der Waals surface area (Å²) in [6.07, 6.45) is 6.16. The second kappa shape index (κ2) is 8.17. The van der Waals surface area contributed by atoms with Gasteiger partial charge in [0.1, 0.15) is 5.54 Å². The van der Waals surface area contributed by atoms with Crippen LogP contribution in [0.4, 0.5) is 0 Å². The Morgan fingerprint density at radius 3 is 2.68 bits per heavy atom. The van der Waals surface area contributed by atoms with Gasteiger partial charge >= 0.3 is 5.97 Å². The van der Waals surface area contributed by atoms with E-state index in [4.69, 9.17) is 0 Å². The average molecular weight is 282 g/mol. The molecule has 0 radical (unpaired) electrons. The molecule has 1 heterocycles. The molecule has 0 spiro atoms. The molecule has 0 aliphatic heterocycles. The maximum absolute atomic E-state index is 11.2. The van der Waals surface area contributed by atoms with Crippen molar-refractivity contribution in [2.45, 2.75) is 43.5 Å². The maximum atomic E-state index is 11.2. The molecular formula is C14H22N2O2S. The molecule has 0 bridgehead atoms. The van der Waals surface area contributed by atoms with Gasteiger partial charge in [0, 0.05) is 17.3 Å². The number of nitrogens with one attached hydrogen (secondary N) is 1. The Kier molecular flexibility index (Phi) is 6.87.